The molecule has 1 unspecified atom stereocenters. The first kappa shape index (κ1) is 13.2. The predicted molar refractivity (Wildman–Crippen MR) is 80.1 cm³/mol. The van der Waals surface area contributed by atoms with E-state index in [1.165, 1.54) is 18.8 Å². The molecule has 0 aromatic heterocycles. The summed E-state index contributed by atoms with van der Waals surface area (Å²) in [6, 6.07) is 0. The molecule has 1 spiro atoms. The third kappa shape index (κ3) is 3.07. The van der Waals surface area contributed by atoms with Crippen LogP contribution in [0.4, 0.5) is 0 Å². The van der Waals surface area contributed by atoms with Crippen LogP contribution in [-0.2, 0) is 0 Å². The van der Waals surface area contributed by atoms with Crippen LogP contribution in [0.5, 0.6) is 0 Å². The number of hydrogen-bond acceptors (Lipinski definition) is 0. The third-order valence-corrected chi connectivity index (χ3v) is 10.1. The van der Waals surface area contributed by atoms with E-state index >= 15 is 0 Å². The van der Waals surface area contributed by atoms with Crippen LogP contribution in [0.15, 0.2) is 0 Å². The average Bonchev–Trinajstić information content (AvgIpc) is 2.74. The molecule has 2 saturated heterocycles. The average molecular weight is 328 g/mol. The van der Waals surface area contributed by atoms with Crippen molar-refractivity contribution in [3.63, 3.8) is 0 Å². The van der Waals surface area contributed by atoms with Crippen LogP contribution >= 0.6 is 31.2 Å². The summed E-state index contributed by atoms with van der Waals surface area (Å²) in [5.41, 5.74) is 0. The van der Waals surface area contributed by atoms with Crippen molar-refractivity contribution in [2.45, 2.75) is 45.4 Å². The Kier molecular flexibility index (Phi) is 5.70. The molecule has 86 valence electrons. The van der Waals surface area contributed by atoms with Gasteiger partial charge in [-0.05, 0) is 0 Å². The quantitative estimate of drug-likeness (QED) is 0.533. The van der Waals surface area contributed by atoms with E-state index in [4.69, 9.17) is 0 Å². The van der Waals surface area contributed by atoms with Gasteiger partial charge in [-0.1, -0.05) is 0 Å². The summed E-state index contributed by atoms with van der Waals surface area (Å²) >= 11 is 0. The fourth-order valence-corrected chi connectivity index (χ4v) is 9.66. The topological polar surface area (TPSA) is 0 Å². The maximum atomic E-state index is 2.33. The first-order valence-corrected chi connectivity index (χ1v) is 9.17. The van der Waals surface area contributed by atoms with Gasteiger partial charge in [0.25, 0.3) is 0 Å². The SMILES string of the molecule is CCCCC1CC[PH]2(CCCC2)C1.I. The van der Waals surface area contributed by atoms with Gasteiger partial charge in [0.1, 0.15) is 0 Å². The second-order valence-corrected chi connectivity index (χ2v) is 10.4. The molecule has 2 aliphatic rings. The van der Waals surface area contributed by atoms with Crippen LogP contribution in [0, 0.1) is 5.92 Å². The molecule has 14 heavy (non-hydrogen) atoms. The van der Waals surface area contributed by atoms with Crippen molar-refractivity contribution in [3.8, 4) is 0 Å². The maximum Gasteiger partial charge on any atom is -0.107 e. The summed E-state index contributed by atoms with van der Waals surface area (Å²) in [6.07, 6.45) is 16.1. The summed E-state index contributed by atoms with van der Waals surface area (Å²) in [4.78, 5) is 0. The number of unbranched alkanes of at least 4 members (excludes halogenated alkanes) is 1. The van der Waals surface area contributed by atoms with Crippen LogP contribution < -0.4 is 0 Å². The van der Waals surface area contributed by atoms with Crippen LogP contribution in [0.25, 0.3) is 0 Å². The Hall–Kier alpha value is 1.16. The van der Waals surface area contributed by atoms with E-state index in [1.54, 1.807) is 50.3 Å². The van der Waals surface area contributed by atoms with Gasteiger partial charge in [-0.25, -0.2) is 0 Å². The van der Waals surface area contributed by atoms with Gasteiger partial charge in [0.05, 0.1) is 0 Å². The maximum absolute atomic E-state index is 2.33. The summed E-state index contributed by atoms with van der Waals surface area (Å²) in [5, 5.41) is 0. The smallest absolute Gasteiger partial charge is 0.107 e. The number of hydrogen-bond donors (Lipinski definition) is 0. The van der Waals surface area contributed by atoms with E-state index in [9.17, 15) is 0 Å². The summed E-state index contributed by atoms with van der Waals surface area (Å²) < 4.78 is 0. The molecule has 2 heteroatoms. The molecular weight excluding hydrogens is 302 g/mol. The first-order chi connectivity index (χ1) is 6.35. The Bertz CT molecular complexity index is 164. The minimum Gasteiger partial charge on any atom is -0.107 e. The molecule has 2 fully saturated rings. The zero-order valence-corrected chi connectivity index (χ0v) is 12.9. The van der Waals surface area contributed by atoms with Crippen molar-refractivity contribution in [1.29, 1.82) is 0 Å². The van der Waals surface area contributed by atoms with Gasteiger partial charge in [-0.15, -0.1) is 24.0 Å². The van der Waals surface area contributed by atoms with Gasteiger partial charge in [0.15, 0.2) is 0 Å². The molecule has 1 atom stereocenters. The predicted octanol–water partition coefficient (Wildman–Crippen LogP) is 4.36. The molecule has 2 aliphatic heterocycles. The van der Waals surface area contributed by atoms with Gasteiger partial charge in [-0.3, -0.25) is 0 Å². The Morgan fingerprint density at radius 3 is 2.50 bits per heavy atom. The molecule has 0 aliphatic carbocycles. The second-order valence-electron chi connectivity index (χ2n) is 5.46. The third-order valence-electron chi connectivity index (χ3n) is 4.43. The largest absolute Gasteiger partial charge is 0.107 e. The van der Waals surface area contributed by atoms with Crippen molar-refractivity contribution < 1.29 is 0 Å². The van der Waals surface area contributed by atoms with Gasteiger partial charge in [0, 0.05) is 0 Å². The van der Waals surface area contributed by atoms with Gasteiger partial charge in [0.2, 0.25) is 0 Å². The van der Waals surface area contributed by atoms with E-state index in [2.05, 4.69) is 6.92 Å². The second kappa shape index (κ2) is 6.03. The fourth-order valence-electron chi connectivity index (χ4n) is 3.65. The van der Waals surface area contributed by atoms with E-state index in [-0.39, 0.29) is 24.0 Å². The van der Waals surface area contributed by atoms with E-state index in [0.717, 1.165) is 0 Å². The van der Waals surface area contributed by atoms with Gasteiger partial charge in [-0.2, -0.15) is 0 Å². The minimum absolute atomic E-state index is 0. The van der Waals surface area contributed by atoms with Crippen molar-refractivity contribution in [2.75, 3.05) is 24.6 Å². The van der Waals surface area contributed by atoms with Gasteiger partial charge >= 0.3 is 83.3 Å². The Morgan fingerprint density at radius 1 is 1.14 bits per heavy atom. The Labute approximate surface area is 107 Å². The minimum atomic E-state index is -0.582. The standard InChI is InChI=1S/C12H25P.HI/c1-2-3-6-12-7-10-13(11-12)8-4-5-9-13;/h12-13H,2-11H2,1H3;1H. The van der Waals surface area contributed by atoms with Crippen LogP contribution in [0.3, 0.4) is 0 Å². The molecule has 0 aromatic carbocycles. The molecule has 0 aromatic rings. The molecule has 0 amide bonds. The summed E-state index contributed by atoms with van der Waals surface area (Å²) in [7, 11) is -0.582. The van der Waals surface area contributed by atoms with E-state index in [1.807, 2.05) is 0 Å². The molecule has 0 N–H and O–H groups in total. The number of halogens is 1. The monoisotopic (exact) mass is 328 g/mol. The van der Waals surface area contributed by atoms with Crippen molar-refractivity contribution >= 4 is 31.2 Å². The van der Waals surface area contributed by atoms with E-state index in [0.29, 0.717) is 0 Å². The molecule has 0 radical (unpaired) electrons. The summed E-state index contributed by atoms with van der Waals surface area (Å²) in [5.74, 6) is 1.17. The molecule has 2 rings (SSSR count). The first-order valence-electron chi connectivity index (χ1n) is 6.35. The molecule has 0 saturated carbocycles. The molecular formula is C12H26IP. The Balaban J connectivity index is 0.000000980. The van der Waals surface area contributed by atoms with E-state index < -0.39 is 7.26 Å². The van der Waals surface area contributed by atoms with Gasteiger partial charge < -0.3 is 0 Å². The van der Waals surface area contributed by atoms with Crippen LogP contribution in [0.1, 0.15) is 45.4 Å². The molecule has 2 heterocycles. The zero-order chi connectivity index (χ0) is 9.15. The molecule has 0 nitrogen and oxygen atoms in total. The Morgan fingerprint density at radius 2 is 1.86 bits per heavy atom. The normalized spacial score (nSPS) is 31.6. The zero-order valence-electron chi connectivity index (χ0n) is 9.56. The summed E-state index contributed by atoms with van der Waals surface area (Å²) in [6.45, 7) is 2.33. The van der Waals surface area contributed by atoms with Crippen LogP contribution in [0.2, 0.25) is 0 Å². The van der Waals surface area contributed by atoms with Crippen LogP contribution in [-0.4, -0.2) is 24.6 Å². The van der Waals surface area contributed by atoms with Crippen molar-refractivity contribution in [1.82, 2.24) is 0 Å². The van der Waals surface area contributed by atoms with Crippen molar-refractivity contribution in [2.24, 2.45) is 5.92 Å². The van der Waals surface area contributed by atoms with Crippen molar-refractivity contribution in [3.05, 3.63) is 0 Å². The molecule has 0 bridgehead atoms. The fraction of sp³-hybridized carbons (Fsp3) is 1.00. The number of rotatable bonds is 3.